The van der Waals surface area contributed by atoms with Crippen molar-refractivity contribution >= 4 is 24.0 Å². The van der Waals surface area contributed by atoms with Crippen LogP contribution in [0, 0.1) is 0 Å². The van der Waals surface area contributed by atoms with E-state index < -0.39 is 17.9 Å². The summed E-state index contributed by atoms with van der Waals surface area (Å²) in [4.78, 5) is 45.3. The molecule has 19 heavy (non-hydrogen) atoms. The van der Waals surface area contributed by atoms with Crippen molar-refractivity contribution in [1.29, 1.82) is 0 Å². The standard InChI is InChI=1S/C13H12N2O4/c16-7-8-3-1-2-4-9(8)12(18)14-10-5-6-11(17)15-13(10)19/h1-4,7,10H,5-6H2,(H,14,18)(H,15,17,19). The summed E-state index contributed by atoms with van der Waals surface area (Å²) in [5.41, 5.74) is 0.467. The molecular formula is C13H12N2O4. The monoisotopic (exact) mass is 260 g/mol. The number of imide groups is 1. The molecule has 0 aliphatic carbocycles. The first kappa shape index (κ1) is 12.9. The summed E-state index contributed by atoms with van der Waals surface area (Å²) < 4.78 is 0. The highest BCUT2D eigenvalue weighted by Crippen LogP contribution is 2.09. The average Bonchev–Trinajstić information content (AvgIpc) is 2.41. The molecule has 1 aliphatic rings. The third-order valence-electron chi connectivity index (χ3n) is 2.88. The Balaban J connectivity index is 2.11. The minimum atomic E-state index is -0.745. The van der Waals surface area contributed by atoms with E-state index in [0.717, 1.165) is 0 Å². The van der Waals surface area contributed by atoms with Crippen molar-refractivity contribution < 1.29 is 19.2 Å². The summed E-state index contributed by atoms with van der Waals surface area (Å²) in [6, 6.07) is 5.56. The van der Waals surface area contributed by atoms with Crippen LogP contribution in [0.15, 0.2) is 24.3 Å². The number of piperidine rings is 1. The van der Waals surface area contributed by atoms with Gasteiger partial charge in [0.25, 0.3) is 5.91 Å². The van der Waals surface area contributed by atoms with Crippen LogP contribution >= 0.6 is 0 Å². The Kier molecular flexibility index (Phi) is 3.70. The molecule has 0 aromatic heterocycles. The number of carbonyl (C=O) groups excluding carboxylic acids is 4. The molecule has 1 aromatic carbocycles. The Morgan fingerprint density at radius 3 is 2.74 bits per heavy atom. The summed E-state index contributed by atoms with van der Waals surface area (Å²) in [7, 11) is 0. The summed E-state index contributed by atoms with van der Waals surface area (Å²) in [5.74, 6) is -1.37. The highest BCUT2D eigenvalue weighted by Gasteiger charge is 2.28. The minimum absolute atomic E-state index is 0.187. The lowest BCUT2D eigenvalue weighted by atomic mass is 10.0. The SMILES string of the molecule is O=Cc1ccccc1C(=O)NC1CCC(=O)NC1=O. The Morgan fingerprint density at radius 1 is 1.32 bits per heavy atom. The number of amides is 3. The Bertz CT molecular complexity index is 553. The van der Waals surface area contributed by atoms with Gasteiger partial charge in [0.1, 0.15) is 6.04 Å². The quantitative estimate of drug-likeness (QED) is 0.592. The van der Waals surface area contributed by atoms with Crippen molar-refractivity contribution in [2.45, 2.75) is 18.9 Å². The lowest BCUT2D eigenvalue weighted by Gasteiger charge is -2.22. The zero-order valence-corrected chi connectivity index (χ0v) is 10.0. The first-order valence-electron chi connectivity index (χ1n) is 5.80. The fourth-order valence-corrected chi connectivity index (χ4v) is 1.87. The van der Waals surface area contributed by atoms with E-state index in [4.69, 9.17) is 0 Å². The predicted octanol–water partition coefficient (Wildman–Crippen LogP) is 0.0341. The molecular weight excluding hydrogens is 248 g/mol. The lowest BCUT2D eigenvalue weighted by molar-refractivity contribution is -0.134. The smallest absolute Gasteiger partial charge is 0.252 e. The topological polar surface area (TPSA) is 92.3 Å². The number of nitrogens with one attached hydrogen (secondary N) is 2. The second kappa shape index (κ2) is 5.43. The summed E-state index contributed by atoms with van der Waals surface area (Å²) in [6.07, 6.45) is 1.03. The summed E-state index contributed by atoms with van der Waals surface area (Å²) in [5, 5.41) is 4.67. The van der Waals surface area contributed by atoms with Gasteiger partial charge in [-0.25, -0.2) is 0 Å². The highest BCUT2D eigenvalue weighted by molar-refractivity contribution is 6.06. The van der Waals surface area contributed by atoms with Gasteiger partial charge in [0, 0.05) is 17.5 Å². The molecule has 1 aliphatic heterocycles. The zero-order chi connectivity index (χ0) is 13.8. The maximum Gasteiger partial charge on any atom is 0.252 e. The minimum Gasteiger partial charge on any atom is -0.340 e. The van der Waals surface area contributed by atoms with Crippen LogP contribution in [0.4, 0.5) is 0 Å². The molecule has 0 saturated carbocycles. The van der Waals surface area contributed by atoms with Gasteiger partial charge in [0.05, 0.1) is 0 Å². The number of hydrogen-bond acceptors (Lipinski definition) is 4. The number of rotatable bonds is 3. The second-order valence-corrected chi connectivity index (χ2v) is 4.18. The Morgan fingerprint density at radius 2 is 2.05 bits per heavy atom. The first-order chi connectivity index (χ1) is 9.11. The molecule has 1 atom stereocenters. The van der Waals surface area contributed by atoms with E-state index in [1.165, 1.54) is 12.1 Å². The van der Waals surface area contributed by atoms with Crippen LogP contribution in [-0.2, 0) is 9.59 Å². The maximum absolute atomic E-state index is 12.0. The molecule has 6 nitrogen and oxygen atoms in total. The molecule has 0 bridgehead atoms. The van der Waals surface area contributed by atoms with Gasteiger partial charge < -0.3 is 5.32 Å². The zero-order valence-electron chi connectivity index (χ0n) is 10.0. The van der Waals surface area contributed by atoms with Crippen molar-refractivity contribution in [3.8, 4) is 0 Å². The van der Waals surface area contributed by atoms with Gasteiger partial charge in [-0.1, -0.05) is 18.2 Å². The fraction of sp³-hybridized carbons (Fsp3) is 0.231. The molecule has 1 fully saturated rings. The molecule has 0 radical (unpaired) electrons. The molecule has 0 spiro atoms. The van der Waals surface area contributed by atoms with Gasteiger partial charge >= 0.3 is 0 Å². The molecule has 98 valence electrons. The third kappa shape index (κ3) is 2.85. The summed E-state index contributed by atoms with van der Waals surface area (Å²) >= 11 is 0. The van der Waals surface area contributed by atoms with E-state index in [2.05, 4.69) is 10.6 Å². The molecule has 1 aromatic rings. The lowest BCUT2D eigenvalue weighted by Crippen LogP contribution is -2.52. The van der Waals surface area contributed by atoms with Gasteiger partial charge in [-0.2, -0.15) is 0 Å². The molecule has 2 rings (SSSR count). The van der Waals surface area contributed by atoms with Crippen molar-refractivity contribution in [2.75, 3.05) is 0 Å². The average molecular weight is 260 g/mol. The number of hydrogen-bond donors (Lipinski definition) is 2. The van der Waals surface area contributed by atoms with Gasteiger partial charge in [0.2, 0.25) is 11.8 Å². The van der Waals surface area contributed by atoms with Crippen molar-refractivity contribution in [2.24, 2.45) is 0 Å². The van der Waals surface area contributed by atoms with Crippen LogP contribution in [0.3, 0.4) is 0 Å². The fourth-order valence-electron chi connectivity index (χ4n) is 1.87. The number of carbonyl (C=O) groups is 4. The molecule has 1 saturated heterocycles. The van der Waals surface area contributed by atoms with Crippen LogP contribution in [-0.4, -0.2) is 30.0 Å². The molecule has 2 N–H and O–H groups in total. The van der Waals surface area contributed by atoms with Gasteiger partial charge in [-0.05, 0) is 12.5 Å². The second-order valence-electron chi connectivity index (χ2n) is 4.18. The summed E-state index contributed by atoms with van der Waals surface area (Å²) in [6.45, 7) is 0. The molecule has 6 heteroatoms. The van der Waals surface area contributed by atoms with E-state index in [1.54, 1.807) is 12.1 Å². The van der Waals surface area contributed by atoms with Crippen LogP contribution in [0.25, 0.3) is 0 Å². The van der Waals surface area contributed by atoms with Crippen molar-refractivity contribution in [1.82, 2.24) is 10.6 Å². The van der Waals surface area contributed by atoms with Gasteiger partial charge in [-0.15, -0.1) is 0 Å². The largest absolute Gasteiger partial charge is 0.340 e. The van der Waals surface area contributed by atoms with E-state index in [1.807, 2.05) is 0 Å². The van der Waals surface area contributed by atoms with Gasteiger partial charge in [-0.3, -0.25) is 24.5 Å². The van der Waals surface area contributed by atoms with E-state index in [9.17, 15) is 19.2 Å². The van der Waals surface area contributed by atoms with Crippen molar-refractivity contribution in [3.63, 3.8) is 0 Å². The highest BCUT2D eigenvalue weighted by atomic mass is 16.2. The Hall–Kier alpha value is -2.50. The predicted molar refractivity (Wildman–Crippen MR) is 65.5 cm³/mol. The number of aldehydes is 1. The van der Waals surface area contributed by atoms with E-state index in [-0.39, 0.29) is 29.9 Å². The van der Waals surface area contributed by atoms with Crippen molar-refractivity contribution in [3.05, 3.63) is 35.4 Å². The normalized spacial score (nSPS) is 18.6. The van der Waals surface area contributed by atoms with Crippen LogP contribution in [0.2, 0.25) is 0 Å². The molecule has 1 unspecified atom stereocenters. The maximum atomic E-state index is 12.0. The van der Waals surface area contributed by atoms with Crippen LogP contribution < -0.4 is 10.6 Å². The van der Waals surface area contributed by atoms with Crippen LogP contribution in [0.1, 0.15) is 33.6 Å². The molecule has 3 amide bonds. The molecule has 1 heterocycles. The number of benzene rings is 1. The van der Waals surface area contributed by atoms with Crippen LogP contribution in [0.5, 0.6) is 0 Å². The Labute approximate surface area is 109 Å². The first-order valence-corrected chi connectivity index (χ1v) is 5.80. The van der Waals surface area contributed by atoms with E-state index in [0.29, 0.717) is 6.29 Å². The van der Waals surface area contributed by atoms with Gasteiger partial charge in [0.15, 0.2) is 6.29 Å². The van der Waals surface area contributed by atoms with E-state index >= 15 is 0 Å². The third-order valence-corrected chi connectivity index (χ3v) is 2.88.